The zero-order valence-electron chi connectivity index (χ0n) is 29.3. The zero-order chi connectivity index (χ0) is 35.4. The van der Waals surface area contributed by atoms with Crippen molar-refractivity contribution in [2.24, 2.45) is 0 Å². The first-order valence-electron chi connectivity index (χ1n) is 18.4. The molecule has 2 amide bonds. The highest BCUT2D eigenvalue weighted by molar-refractivity contribution is 6.10. The molecule has 2 saturated heterocycles. The van der Waals surface area contributed by atoms with Gasteiger partial charge in [-0.05, 0) is 90.3 Å². The Kier molecular flexibility index (Phi) is 9.72. The van der Waals surface area contributed by atoms with Crippen molar-refractivity contribution in [3.05, 3.63) is 126 Å². The smallest absolute Gasteiger partial charge is 0.249 e. The van der Waals surface area contributed by atoms with Crippen LogP contribution in [0.3, 0.4) is 0 Å². The summed E-state index contributed by atoms with van der Waals surface area (Å²) >= 11 is 0. The molecule has 266 valence electrons. The minimum Gasteiger partial charge on any atom is -0.508 e. The molecule has 2 fully saturated rings. The van der Waals surface area contributed by atoms with Crippen LogP contribution in [-0.2, 0) is 16.0 Å². The monoisotopic (exact) mass is 696 g/mol. The van der Waals surface area contributed by atoms with Gasteiger partial charge in [0.2, 0.25) is 11.8 Å². The minimum atomic E-state index is -0.223. The van der Waals surface area contributed by atoms with Crippen molar-refractivity contribution in [2.45, 2.75) is 50.4 Å². The standard InChI is InChI=1S/C42H44N6O4/c49-35-14-18-38-32(26-35)12-17-37(30-6-2-1-3-7-30)42(38)31-10-15-36(16-11-31)52-25-5-20-45-21-23-46(24-22-45)39-19-13-33(27-43-39)34-28-44-47(29-34)48-40(50)8-4-9-41(48)51/h1-3,6-7,10-11,13-16,18-19,26-29,37,42,49H,4-5,8-9,12,17,20-25H2/t37-,42+/m1/s1. The Hall–Kier alpha value is -5.48. The van der Waals surface area contributed by atoms with Crippen molar-refractivity contribution < 1.29 is 19.4 Å². The van der Waals surface area contributed by atoms with Gasteiger partial charge in [-0.25, -0.2) is 4.98 Å². The Morgan fingerprint density at radius 1 is 0.788 bits per heavy atom. The summed E-state index contributed by atoms with van der Waals surface area (Å²) in [5.41, 5.74) is 6.86. The number of aromatic nitrogens is 3. The molecule has 1 aliphatic carbocycles. The maximum absolute atomic E-state index is 12.3. The third kappa shape index (κ3) is 7.16. The molecule has 4 heterocycles. The van der Waals surface area contributed by atoms with Gasteiger partial charge in [-0.1, -0.05) is 48.5 Å². The average molecular weight is 697 g/mol. The number of hydrogen-bond donors (Lipinski definition) is 1. The lowest BCUT2D eigenvalue weighted by Gasteiger charge is -2.35. The Bertz CT molecular complexity index is 1990. The number of ether oxygens (including phenoxy) is 1. The van der Waals surface area contributed by atoms with Crippen molar-refractivity contribution in [2.75, 3.05) is 49.2 Å². The maximum atomic E-state index is 12.3. The summed E-state index contributed by atoms with van der Waals surface area (Å²) < 4.78 is 6.20. The van der Waals surface area contributed by atoms with Gasteiger partial charge in [0, 0.05) is 68.8 Å². The van der Waals surface area contributed by atoms with E-state index in [1.165, 1.54) is 27.0 Å². The second-order valence-electron chi connectivity index (χ2n) is 14.0. The van der Waals surface area contributed by atoms with Crippen molar-refractivity contribution in [3.8, 4) is 22.6 Å². The van der Waals surface area contributed by atoms with Crippen LogP contribution in [0.2, 0.25) is 0 Å². The molecule has 0 bridgehead atoms. The maximum Gasteiger partial charge on any atom is 0.249 e. The fraction of sp³-hybridized carbons (Fsp3) is 0.333. The molecule has 2 atom stereocenters. The first-order valence-corrected chi connectivity index (χ1v) is 18.4. The summed E-state index contributed by atoms with van der Waals surface area (Å²) in [6, 6.07) is 29.3. The third-order valence-electron chi connectivity index (χ3n) is 10.7. The average Bonchev–Trinajstić information content (AvgIpc) is 3.67. The summed E-state index contributed by atoms with van der Waals surface area (Å²) in [4.78, 5) is 35.4. The van der Waals surface area contributed by atoms with E-state index < -0.39 is 0 Å². The number of amides is 2. The Balaban J connectivity index is 0.810. The van der Waals surface area contributed by atoms with Gasteiger partial charge >= 0.3 is 0 Å². The summed E-state index contributed by atoms with van der Waals surface area (Å²) in [5, 5.41) is 15.5. The predicted molar refractivity (Wildman–Crippen MR) is 200 cm³/mol. The summed E-state index contributed by atoms with van der Waals surface area (Å²) in [7, 11) is 0. The first-order chi connectivity index (χ1) is 25.5. The van der Waals surface area contributed by atoms with Gasteiger partial charge in [-0.15, -0.1) is 0 Å². The molecule has 3 aromatic carbocycles. The minimum absolute atomic E-state index is 0.223. The van der Waals surface area contributed by atoms with E-state index in [0.29, 0.717) is 37.5 Å². The normalized spacial score (nSPS) is 19.5. The number of carbonyl (C=O) groups excluding carboxylic acids is 2. The van der Waals surface area contributed by atoms with Crippen molar-refractivity contribution in [3.63, 3.8) is 0 Å². The quantitative estimate of drug-likeness (QED) is 0.135. The summed E-state index contributed by atoms with van der Waals surface area (Å²) in [5.74, 6) is 2.32. The number of pyridine rings is 1. The number of phenolic OH excluding ortho intramolecular Hbond substituents is 1. The van der Waals surface area contributed by atoms with Gasteiger partial charge in [0.05, 0.1) is 19.0 Å². The lowest BCUT2D eigenvalue weighted by Crippen LogP contribution is -2.48. The Morgan fingerprint density at radius 2 is 1.58 bits per heavy atom. The third-order valence-corrected chi connectivity index (χ3v) is 10.7. The zero-order valence-corrected chi connectivity index (χ0v) is 29.3. The van der Waals surface area contributed by atoms with E-state index in [0.717, 1.165) is 79.7 Å². The summed E-state index contributed by atoms with van der Waals surface area (Å²) in [6.07, 6.45) is 9.46. The molecular weight excluding hydrogens is 653 g/mol. The van der Waals surface area contributed by atoms with Crippen LogP contribution in [0, 0.1) is 0 Å². The number of hydrogen-bond acceptors (Lipinski definition) is 8. The molecule has 5 aromatic rings. The van der Waals surface area contributed by atoms with Crippen LogP contribution < -0.4 is 14.6 Å². The van der Waals surface area contributed by atoms with Crippen molar-refractivity contribution in [1.82, 2.24) is 19.8 Å². The predicted octanol–water partition coefficient (Wildman–Crippen LogP) is 6.28. The van der Waals surface area contributed by atoms with Crippen molar-refractivity contribution in [1.29, 1.82) is 0 Å². The van der Waals surface area contributed by atoms with Gasteiger partial charge < -0.3 is 14.7 Å². The molecule has 0 saturated carbocycles. The second kappa shape index (κ2) is 15.0. The number of fused-ring (bicyclic) bond motifs is 1. The lowest BCUT2D eigenvalue weighted by atomic mass is 9.69. The van der Waals surface area contributed by atoms with E-state index in [1.54, 1.807) is 12.4 Å². The molecule has 10 heteroatoms. The largest absolute Gasteiger partial charge is 0.508 e. The van der Waals surface area contributed by atoms with Crippen LogP contribution in [0.5, 0.6) is 11.5 Å². The summed E-state index contributed by atoms with van der Waals surface area (Å²) in [6.45, 7) is 5.38. The van der Waals surface area contributed by atoms with Gasteiger partial charge in [-0.2, -0.15) is 14.9 Å². The molecule has 2 aliphatic heterocycles. The molecule has 10 nitrogen and oxygen atoms in total. The van der Waals surface area contributed by atoms with Gasteiger partial charge in [0.25, 0.3) is 0 Å². The molecule has 3 aliphatic rings. The van der Waals surface area contributed by atoms with E-state index in [9.17, 15) is 14.7 Å². The molecule has 0 unspecified atom stereocenters. The fourth-order valence-corrected chi connectivity index (χ4v) is 8.01. The number of benzene rings is 3. The van der Waals surface area contributed by atoms with Crippen LogP contribution >= 0.6 is 0 Å². The van der Waals surface area contributed by atoms with E-state index in [2.05, 4.69) is 75.6 Å². The molecule has 8 rings (SSSR count). The van der Waals surface area contributed by atoms with E-state index in [4.69, 9.17) is 9.72 Å². The highest BCUT2D eigenvalue weighted by Gasteiger charge is 2.32. The number of piperidine rings is 1. The Labute approximate surface area is 304 Å². The van der Waals surface area contributed by atoms with Gasteiger partial charge in [0.1, 0.15) is 17.3 Å². The number of rotatable bonds is 10. The molecule has 0 spiro atoms. The van der Waals surface area contributed by atoms with Crippen LogP contribution in [-0.4, -0.2) is 76.0 Å². The van der Waals surface area contributed by atoms with Crippen LogP contribution in [0.25, 0.3) is 11.1 Å². The topological polar surface area (TPSA) is 104 Å². The van der Waals surface area contributed by atoms with Gasteiger partial charge in [-0.3, -0.25) is 14.5 Å². The van der Waals surface area contributed by atoms with Crippen LogP contribution in [0.1, 0.15) is 66.2 Å². The van der Waals surface area contributed by atoms with Crippen LogP contribution in [0.15, 0.2) is 104 Å². The number of phenols is 1. The number of piperazine rings is 1. The number of aromatic hydroxyl groups is 1. The molecule has 0 radical (unpaired) electrons. The molecule has 2 aromatic heterocycles. The van der Waals surface area contributed by atoms with E-state index >= 15 is 0 Å². The molecular formula is C42H44N6O4. The number of nitrogens with zero attached hydrogens (tertiary/aromatic N) is 6. The number of aryl methyl sites for hydroxylation is 1. The van der Waals surface area contributed by atoms with E-state index in [-0.39, 0.29) is 17.7 Å². The molecule has 52 heavy (non-hydrogen) atoms. The lowest BCUT2D eigenvalue weighted by molar-refractivity contribution is -0.131. The Morgan fingerprint density at radius 3 is 2.33 bits per heavy atom. The number of anilines is 1. The number of imide groups is 1. The van der Waals surface area contributed by atoms with Crippen LogP contribution in [0.4, 0.5) is 5.82 Å². The highest BCUT2D eigenvalue weighted by Crippen LogP contribution is 2.47. The second-order valence-corrected chi connectivity index (χ2v) is 14.0. The first kappa shape index (κ1) is 33.7. The highest BCUT2D eigenvalue weighted by atomic mass is 16.5. The van der Waals surface area contributed by atoms with E-state index in [1.807, 2.05) is 30.5 Å². The fourth-order valence-electron chi connectivity index (χ4n) is 8.01. The van der Waals surface area contributed by atoms with Crippen molar-refractivity contribution >= 4 is 17.6 Å². The molecule has 1 N–H and O–H groups in total. The SMILES string of the molecule is O=C1CCCC(=O)N1n1cc(-c2ccc(N3CCN(CCCOc4ccc([C@@H]5c6ccc(O)cc6CC[C@@H]5c5ccccc5)cc4)CC3)nc2)cn1. The van der Waals surface area contributed by atoms with Gasteiger partial charge in [0.15, 0.2) is 0 Å². The number of carbonyl (C=O) groups is 2.